The second-order valence-corrected chi connectivity index (χ2v) is 6.61. The zero-order valence-corrected chi connectivity index (χ0v) is 15.5. The molecule has 1 amide bonds. The van der Waals surface area contributed by atoms with Gasteiger partial charge in [-0.15, -0.1) is 0 Å². The summed E-state index contributed by atoms with van der Waals surface area (Å²) in [6, 6.07) is 11.9. The van der Waals surface area contributed by atoms with Gasteiger partial charge in [0.2, 0.25) is 0 Å². The van der Waals surface area contributed by atoms with Gasteiger partial charge in [-0.3, -0.25) is 9.89 Å². The fraction of sp³-hybridized carbons (Fsp3) is 0. The van der Waals surface area contributed by atoms with Gasteiger partial charge in [0.1, 0.15) is 11.3 Å². The molecule has 0 unspecified atom stereocenters. The van der Waals surface area contributed by atoms with Crippen LogP contribution in [0.1, 0.15) is 15.9 Å². The first-order valence-corrected chi connectivity index (χ1v) is 8.54. The molecule has 26 heavy (non-hydrogen) atoms. The van der Waals surface area contributed by atoms with Gasteiger partial charge in [-0.05, 0) is 36.4 Å². The number of aliphatic imine (C=N–C) groups is 1. The molecule has 7 nitrogen and oxygen atoms in total. The maximum Gasteiger partial charge on any atom is 0.256 e. The second-order valence-electron chi connectivity index (χ2n) is 5.26. The van der Waals surface area contributed by atoms with E-state index >= 15 is 0 Å². The van der Waals surface area contributed by atoms with E-state index in [1.807, 2.05) is 0 Å². The Kier molecular flexibility index (Phi) is 5.24. The Balaban J connectivity index is 1.93. The van der Waals surface area contributed by atoms with Gasteiger partial charge in [0.15, 0.2) is 11.6 Å². The monoisotopic (exact) mass is 433 g/mol. The molecular weight excluding hydrogens is 422 g/mol. The van der Waals surface area contributed by atoms with Crippen LogP contribution in [-0.2, 0) is 0 Å². The summed E-state index contributed by atoms with van der Waals surface area (Å²) < 4.78 is 0.778. The summed E-state index contributed by atoms with van der Waals surface area (Å²) in [4.78, 5) is 16.0. The molecule has 0 aliphatic carbocycles. The van der Waals surface area contributed by atoms with Crippen LogP contribution < -0.4 is 11.1 Å². The van der Waals surface area contributed by atoms with Crippen LogP contribution in [0.5, 0.6) is 5.75 Å². The number of phenols is 1. The number of halogens is 2. The normalized spacial score (nSPS) is 11.0. The fourth-order valence-corrected chi connectivity index (χ4v) is 2.78. The van der Waals surface area contributed by atoms with Gasteiger partial charge >= 0.3 is 0 Å². The number of benzene rings is 2. The van der Waals surface area contributed by atoms with E-state index in [9.17, 15) is 9.90 Å². The maximum atomic E-state index is 11.9. The zero-order valence-electron chi connectivity index (χ0n) is 13.2. The van der Waals surface area contributed by atoms with Crippen molar-refractivity contribution in [3.05, 3.63) is 63.1 Å². The van der Waals surface area contributed by atoms with Crippen molar-refractivity contribution in [3.8, 4) is 5.75 Å². The maximum absolute atomic E-state index is 11.9. The number of anilines is 2. The summed E-state index contributed by atoms with van der Waals surface area (Å²) in [5, 5.41) is 20.1. The molecule has 3 aromatic rings. The summed E-state index contributed by atoms with van der Waals surface area (Å²) in [5.41, 5.74) is 6.68. The highest BCUT2D eigenvalue weighted by Gasteiger charge is 2.18. The smallest absolute Gasteiger partial charge is 0.256 e. The number of aromatic amines is 1. The number of nitrogens with zero attached hydrogens (tertiary/aromatic N) is 2. The highest BCUT2D eigenvalue weighted by atomic mass is 79.9. The van der Waals surface area contributed by atoms with Gasteiger partial charge in [0.25, 0.3) is 5.91 Å². The molecular formula is C17H13BrClN5O2. The topological polar surface area (TPSA) is 116 Å². The molecule has 9 heteroatoms. The molecule has 0 fully saturated rings. The molecule has 0 atom stereocenters. The van der Waals surface area contributed by atoms with E-state index in [0.717, 1.165) is 4.47 Å². The Bertz CT molecular complexity index is 1000. The number of carbonyl (C=O) groups is 1. The molecule has 3 rings (SSSR count). The summed E-state index contributed by atoms with van der Waals surface area (Å²) in [6.07, 6.45) is 1.41. The average Bonchev–Trinajstić information content (AvgIpc) is 2.98. The van der Waals surface area contributed by atoms with Crippen LogP contribution in [-0.4, -0.2) is 27.4 Å². The van der Waals surface area contributed by atoms with Crippen molar-refractivity contribution in [2.45, 2.75) is 0 Å². The lowest BCUT2D eigenvalue weighted by atomic mass is 10.2. The number of phenolic OH excluding ortho intramolecular Hbond substituents is 1. The molecule has 0 saturated heterocycles. The van der Waals surface area contributed by atoms with Crippen molar-refractivity contribution in [1.29, 1.82) is 0 Å². The van der Waals surface area contributed by atoms with Gasteiger partial charge in [-0.25, -0.2) is 4.99 Å². The molecule has 0 aliphatic heterocycles. The molecule has 1 aromatic heterocycles. The highest BCUT2D eigenvalue weighted by Crippen LogP contribution is 2.28. The van der Waals surface area contributed by atoms with Crippen molar-refractivity contribution in [2.75, 3.05) is 5.32 Å². The number of nitrogens with two attached hydrogens (primary N) is 1. The largest absolute Gasteiger partial charge is 0.507 e. The molecule has 132 valence electrons. The molecule has 1 heterocycles. The molecule has 5 N–H and O–H groups in total. The van der Waals surface area contributed by atoms with Crippen molar-refractivity contribution >= 4 is 57.0 Å². The Morgan fingerprint density at radius 3 is 2.88 bits per heavy atom. The minimum atomic E-state index is -0.700. The van der Waals surface area contributed by atoms with Crippen molar-refractivity contribution in [3.63, 3.8) is 0 Å². The number of hydrogen-bond acceptors (Lipinski definition) is 5. The van der Waals surface area contributed by atoms with Crippen LogP contribution in [0.15, 0.2) is 51.9 Å². The summed E-state index contributed by atoms with van der Waals surface area (Å²) in [6.45, 7) is 0. The first-order valence-electron chi connectivity index (χ1n) is 7.37. The van der Waals surface area contributed by atoms with E-state index in [2.05, 4.69) is 36.4 Å². The van der Waals surface area contributed by atoms with E-state index < -0.39 is 5.91 Å². The number of nitrogens with one attached hydrogen (secondary N) is 2. The van der Waals surface area contributed by atoms with Gasteiger partial charge in [0.05, 0.1) is 0 Å². The third-order valence-corrected chi connectivity index (χ3v) is 4.13. The second kappa shape index (κ2) is 7.59. The van der Waals surface area contributed by atoms with Crippen molar-refractivity contribution in [1.82, 2.24) is 10.2 Å². The lowest BCUT2D eigenvalue weighted by Crippen LogP contribution is -2.12. The van der Waals surface area contributed by atoms with Crippen LogP contribution in [0.4, 0.5) is 17.3 Å². The number of hydrogen-bond donors (Lipinski definition) is 4. The van der Waals surface area contributed by atoms with Crippen LogP contribution in [0.2, 0.25) is 5.02 Å². The summed E-state index contributed by atoms with van der Waals surface area (Å²) in [5.74, 6) is -0.255. The molecule has 2 aromatic carbocycles. The SMILES string of the molecule is NC(=O)c1c(Nc2cccc(Cl)c2)n[nH]c1/N=C/c1cc(Br)ccc1O. The third kappa shape index (κ3) is 4.04. The molecule has 0 radical (unpaired) electrons. The Hall–Kier alpha value is -2.84. The van der Waals surface area contributed by atoms with E-state index in [0.29, 0.717) is 16.3 Å². The van der Waals surface area contributed by atoms with Gasteiger partial charge in [0, 0.05) is 27.0 Å². The Morgan fingerprint density at radius 1 is 1.35 bits per heavy atom. The van der Waals surface area contributed by atoms with E-state index in [1.54, 1.807) is 36.4 Å². The number of primary amides is 1. The Morgan fingerprint density at radius 2 is 2.15 bits per heavy atom. The van der Waals surface area contributed by atoms with Gasteiger partial charge in [-0.2, -0.15) is 5.10 Å². The standard InChI is InChI=1S/C17H13BrClN5O2/c18-10-4-5-13(25)9(6-10)8-21-16-14(15(20)26)17(24-23-16)22-12-3-1-2-11(19)7-12/h1-8,25H,(H2,20,26)(H2,22,23,24)/b21-8+. The number of H-pyrrole nitrogens is 1. The molecule has 0 aliphatic rings. The predicted molar refractivity (Wildman–Crippen MR) is 105 cm³/mol. The van der Waals surface area contributed by atoms with Crippen LogP contribution in [0, 0.1) is 0 Å². The minimum Gasteiger partial charge on any atom is -0.507 e. The average molecular weight is 435 g/mol. The first kappa shape index (κ1) is 18.0. The minimum absolute atomic E-state index is 0.0503. The molecule has 0 spiro atoms. The van der Waals surface area contributed by atoms with Crippen LogP contribution >= 0.6 is 27.5 Å². The van der Waals surface area contributed by atoms with Crippen LogP contribution in [0.3, 0.4) is 0 Å². The summed E-state index contributed by atoms with van der Waals surface area (Å²) in [7, 11) is 0. The molecule has 0 saturated carbocycles. The lowest BCUT2D eigenvalue weighted by molar-refractivity contribution is 0.100. The number of aromatic nitrogens is 2. The van der Waals surface area contributed by atoms with Crippen LogP contribution in [0.25, 0.3) is 0 Å². The third-order valence-electron chi connectivity index (χ3n) is 3.40. The fourth-order valence-electron chi connectivity index (χ4n) is 2.22. The zero-order chi connectivity index (χ0) is 18.7. The molecule has 0 bridgehead atoms. The number of amides is 1. The van der Waals surface area contributed by atoms with Crippen molar-refractivity contribution < 1.29 is 9.90 Å². The predicted octanol–water partition coefficient (Wildman–Crippen LogP) is 4.12. The Labute approximate surface area is 162 Å². The van der Waals surface area contributed by atoms with E-state index in [4.69, 9.17) is 17.3 Å². The number of aromatic hydroxyl groups is 1. The highest BCUT2D eigenvalue weighted by molar-refractivity contribution is 9.10. The summed E-state index contributed by atoms with van der Waals surface area (Å²) >= 11 is 9.27. The number of carbonyl (C=O) groups excluding carboxylic acids is 1. The first-order chi connectivity index (χ1) is 12.4. The van der Waals surface area contributed by atoms with Crippen molar-refractivity contribution in [2.24, 2.45) is 10.7 Å². The van der Waals surface area contributed by atoms with Gasteiger partial charge < -0.3 is 16.2 Å². The number of rotatable bonds is 5. The lowest BCUT2D eigenvalue weighted by Gasteiger charge is -2.05. The van der Waals surface area contributed by atoms with E-state index in [1.165, 1.54) is 12.3 Å². The quantitative estimate of drug-likeness (QED) is 0.452. The van der Waals surface area contributed by atoms with Gasteiger partial charge in [-0.1, -0.05) is 33.6 Å². The van der Waals surface area contributed by atoms with E-state index in [-0.39, 0.29) is 22.9 Å².